The van der Waals surface area contributed by atoms with E-state index in [4.69, 9.17) is 4.74 Å². The lowest BCUT2D eigenvalue weighted by Gasteiger charge is -2.33. The quantitative estimate of drug-likeness (QED) is 0.924. The van der Waals surface area contributed by atoms with Crippen LogP contribution in [0.1, 0.15) is 12.5 Å². The molecule has 108 valence electrons. The topological polar surface area (TPSA) is 49.8 Å². The third kappa shape index (κ3) is 2.54. The average Bonchev–Trinajstić information content (AvgIpc) is 2.46. The van der Waals surface area contributed by atoms with Crippen LogP contribution in [0, 0.1) is 5.82 Å². The Morgan fingerprint density at radius 2 is 1.95 bits per heavy atom. The Hall–Kier alpha value is -2.56. The van der Waals surface area contributed by atoms with E-state index in [9.17, 15) is 14.3 Å². The number of hydrogen-bond donors (Lipinski definition) is 1. The number of nitrogens with zero attached hydrogens (tertiary/aromatic N) is 1. The SMILES string of the molecule is CC1Oc2cc(O)ccc2N(Cc2ccc(F)cc2)C1=O. The molecule has 0 saturated heterocycles. The van der Waals surface area contributed by atoms with Gasteiger partial charge in [0.1, 0.15) is 17.3 Å². The van der Waals surface area contributed by atoms with Gasteiger partial charge in [-0.25, -0.2) is 4.39 Å². The molecule has 0 fully saturated rings. The van der Waals surface area contributed by atoms with Gasteiger partial charge >= 0.3 is 0 Å². The molecule has 0 bridgehead atoms. The highest BCUT2D eigenvalue weighted by molar-refractivity contribution is 5.99. The van der Waals surface area contributed by atoms with Crippen molar-refractivity contribution >= 4 is 11.6 Å². The summed E-state index contributed by atoms with van der Waals surface area (Å²) in [6.45, 7) is 1.98. The lowest BCUT2D eigenvalue weighted by molar-refractivity contribution is -0.125. The first-order valence-electron chi connectivity index (χ1n) is 6.60. The number of hydrogen-bond acceptors (Lipinski definition) is 3. The minimum Gasteiger partial charge on any atom is -0.508 e. The zero-order valence-corrected chi connectivity index (χ0v) is 11.4. The van der Waals surface area contributed by atoms with Gasteiger partial charge in [-0.2, -0.15) is 0 Å². The van der Waals surface area contributed by atoms with E-state index in [2.05, 4.69) is 0 Å². The predicted molar refractivity (Wildman–Crippen MR) is 75.8 cm³/mol. The number of phenols is 1. The van der Waals surface area contributed by atoms with Crippen molar-refractivity contribution in [3.8, 4) is 11.5 Å². The first-order valence-corrected chi connectivity index (χ1v) is 6.60. The van der Waals surface area contributed by atoms with Gasteiger partial charge in [0.05, 0.1) is 12.2 Å². The van der Waals surface area contributed by atoms with E-state index in [1.54, 1.807) is 30.0 Å². The molecule has 0 spiro atoms. The molecule has 1 aliphatic rings. The standard InChI is InChI=1S/C16H14FNO3/c1-10-16(20)18(9-11-2-4-12(17)5-3-11)14-7-6-13(19)8-15(14)21-10/h2-8,10,19H,9H2,1H3. The Kier molecular flexibility index (Phi) is 3.25. The summed E-state index contributed by atoms with van der Waals surface area (Å²) in [5.74, 6) is 0.0597. The number of carbonyl (C=O) groups excluding carboxylic acids is 1. The van der Waals surface area contributed by atoms with Gasteiger partial charge in [-0.1, -0.05) is 12.1 Å². The van der Waals surface area contributed by atoms with E-state index in [1.165, 1.54) is 24.3 Å². The zero-order chi connectivity index (χ0) is 15.0. The van der Waals surface area contributed by atoms with Crippen LogP contribution in [0.25, 0.3) is 0 Å². The van der Waals surface area contributed by atoms with Crippen LogP contribution >= 0.6 is 0 Å². The maximum Gasteiger partial charge on any atom is 0.268 e. The molecular weight excluding hydrogens is 273 g/mol. The molecular formula is C16H14FNO3. The van der Waals surface area contributed by atoms with Crippen molar-refractivity contribution in [2.45, 2.75) is 19.6 Å². The van der Waals surface area contributed by atoms with Crippen molar-refractivity contribution < 1.29 is 19.0 Å². The van der Waals surface area contributed by atoms with Crippen LogP contribution in [0.3, 0.4) is 0 Å². The largest absolute Gasteiger partial charge is 0.508 e. The highest BCUT2D eigenvalue weighted by Crippen LogP contribution is 2.37. The lowest BCUT2D eigenvalue weighted by Crippen LogP contribution is -2.43. The summed E-state index contributed by atoms with van der Waals surface area (Å²) in [5, 5.41) is 9.52. The molecule has 1 unspecified atom stereocenters. The highest BCUT2D eigenvalue weighted by atomic mass is 19.1. The fraction of sp³-hybridized carbons (Fsp3) is 0.188. The van der Waals surface area contributed by atoms with Crippen molar-refractivity contribution in [1.29, 1.82) is 0 Å². The van der Waals surface area contributed by atoms with Crippen molar-refractivity contribution in [2.75, 3.05) is 4.90 Å². The molecule has 1 aliphatic heterocycles. The molecule has 0 radical (unpaired) electrons. The van der Waals surface area contributed by atoms with Gasteiger partial charge in [0.2, 0.25) is 0 Å². The summed E-state index contributed by atoms with van der Waals surface area (Å²) in [6.07, 6.45) is -0.625. The molecule has 3 rings (SSSR count). The van der Waals surface area contributed by atoms with Gasteiger partial charge in [-0.3, -0.25) is 4.79 Å². The number of halogens is 1. The number of rotatable bonds is 2. The molecule has 0 saturated carbocycles. The molecule has 1 atom stereocenters. The van der Waals surface area contributed by atoms with Crippen molar-refractivity contribution in [3.63, 3.8) is 0 Å². The average molecular weight is 287 g/mol. The molecule has 1 amide bonds. The number of phenolic OH excluding ortho intramolecular Hbond substituents is 1. The summed E-state index contributed by atoms with van der Waals surface area (Å²) < 4.78 is 18.5. The van der Waals surface area contributed by atoms with Gasteiger partial charge in [0.15, 0.2) is 6.10 Å². The van der Waals surface area contributed by atoms with E-state index >= 15 is 0 Å². The van der Waals surface area contributed by atoms with Crippen LogP contribution < -0.4 is 9.64 Å². The van der Waals surface area contributed by atoms with Gasteiger partial charge < -0.3 is 14.7 Å². The van der Waals surface area contributed by atoms with Crippen LogP contribution in [0.15, 0.2) is 42.5 Å². The number of fused-ring (bicyclic) bond motifs is 1. The number of amides is 1. The fourth-order valence-corrected chi connectivity index (χ4v) is 2.33. The predicted octanol–water partition coefficient (Wildman–Crippen LogP) is 2.85. The molecule has 0 aliphatic carbocycles. The van der Waals surface area contributed by atoms with Crippen LogP contribution in [-0.2, 0) is 11.3 Å². The molecule has 0 aromatic heterocycles. The Labute approximate surface area is 121 Å². The Balaban J connectivity index is 1.96. The number of carbonyl (C=O) groups is 1. The number of ether oxygens (including phenoxy) is 1. The summed E-state index contributed by atoms with van der Waals surface area (Å²) in [7, 11) is 0. The van der Waals surface area contributed by atoms with Crippen molar-refractivity contribution in [1.82, 2.24) is 0 Å². The van der Waals surface area contributed by atoms with Crippen LogP contribution in [0.5, 0.6) is 11.5 Å². The number of benzene rings is 2. The Morgan fingerprint density at radius 1 is 1.24 bits per heavy atom. The van der Waals surface area contributed by atoms with Crippen LogP contribution in [0.2, 0.25) is 0 Å². The summed E-state index contributed by atoms with van der Waals surface area (Å²) in [5.41, 5.74) is 1.41. The van der Waals surface area contributed by atoms with Crippen LogP contribution in [0.4, 0.5) is 10.1 Å². The molecule has 21 heavy (non-hydrogen) atoms. The number of anilines is 1. The maximum atomic E-state index is 13.0. The lowest BCUT2D eigenvalue weighted by atomic mass is 10.1. The van der Waals surface area contributed by atoms with E-state index in [-0.39, 0.29) is 17.5 Å². The summed E-state index contributed by atoms with van der Waals surface area (Å²) in [6, 6.07) is 10.6. The molecule has 2 aromatic rings. The van der Waals surface area contributed by atoms with E-state index in [1.807, 2.05) is 0 Å². The van der Waals surface area contributed by atoms with Gasteiger partial charge in [0.25, 0.3) is 5.91 Å². The molecule has 1 N–H and O–H groups in total. The minimum absolute atomic E-state index is 0.0806. The van der Waals surface area contributed by atoms with Gasteiger partial charge in [-0.05, 0) is 36.8 Å². The van der Waals surface area contributed by atoms with Crippen molar-refractivity contribution in [2.24, 2.45) is 0 Å². The second-order valence-electron chi connectivity index (χ2n) is 4.96. The Morgan fingerprint density at radius 3 is 2.67 bits per heavy atom. The van der Waals surface area contributed by atoms with E-state index in [0.29, 0.717) is 18.0 Å². The first-order chi connectivity index (χ1) is 10.0. The summed E-state index contributed by atoms with van der Waals surface area (Å²) >= 11 is 0. The minimum atomic E-state index is -0.625. The Bertz CT molecular complexity index is 684. The third-order valence-corrected chi connectivity index (χ3v) is 3.41. The molecule has 5 heteroatoms. The zero-order valence-electron chi connectivity index (χ0n) is 11.4. The van der Waals surface area contributed by atoms with Gasteiger partial charge in [0, 0.05) is 6.07 Å². The van der Waals surface area contributed by atoms with E-state index < -0.39 is 6.10 Å². The second kappa shape index (κ2) is 5.09. The monoisotopic (exact) mass is 287 g/mol. The highest BCUT2D eigenvalue weighted by Gasteiger charge is 2.31. The third-order valence-electron chi connectivity index (χ3n) is 3.41. The van der Waals surface area contributed by atoms with Crippen molar-refractivity contribution in [3.05, 3.63) is 53.8 Å². The maximum absolute atomic E-state index is 13.0. The molecule has 1 heterocycles. The summed E-state index contributed by atoms with van der Waals surface area (Å²) in [4.78, 5) is 13.9. The fourth-order valence-electron chi connectivity index (χ4n) is 2.33. The molecule has 4 nitrogen and oxygen atoms in total. The van der Waals surface area contributed by atoms with Gasteiger partial charge in [-0.15, -0.1) is 0 Å². The first kappa shape index (κ1) is 13.4. The normalized spacial score (nSPS) is 17.3. The second-order valence-corrected chi connectivity index (χ2v) is 4.96. The van der Waals surface area contributed by atoms with Crippen LogP contribution in [-0.4, -0.2) is 17.1 Å². The molecule has 2 aromatic carbocycles. The smallest absolute Gasteiger partial charge is 0.268 e. The number of aromatic hydroxyl groups is 1. The van der Waals surface area contributed by atoms with E-state index in [0.717, 1.165) is 5.56 Å².